The molecule has 3 rings (SSSR count). The van der Waals surface area contributed by atoms with Gasteiger partial charge in [0.25, 0.3) is 0 Å². The van der Waals surface area contributed by atoms with Gasteiger partial charge in [-0.15, -0.1) is 0 Å². The second kappa shape index (κ2) is 9.56. The zero-order valence-corrected chi connectivity index (χ0v) is 19.5. The van der Waals surface area contributed by atoms with Gasteiger partial charge >= 0.3 is 0 Å². The van der Waals surface area contributed by atoms with Crippen molar-refractivity contribution in [1.29, 1.82) is 0 Å². The fraction of sp³-hybridized carbons (Fsp3) is 0.429. The first-order valence-electron chi connectivity index (χ1n) is 10.2. The maximum Gasteiger partial charge on any atom is 0.243 e. The molecule has 2 aromatic carbocycles. The Labute approximate surface area is 184 Å². The smallest absolute Gasteiger partial charge is 0.243 e. The average Bonchev–Trinajstić information content (AvgIpc) is 2.75. The highest BCUT2D eigenvalue weighted by atomic mass is 32.2. The fourth-order valence-electron chi connectivity index (χ4n) is 3.52. The number of hydrogen-bond acceptors (Lipinski definition) is 6. The maximum atomic E-state index is 13.1. The summed E-state index contributed by atoms with van der Waals surface area (Å²) in [6.07, 6.45) is 0. The summed E-state index contributed by atoms with van der Waals surface area (Å²) in [4.78, 5) is 0.316. The number of benzene rings is 2. The van der Waals surface area contributed by atoms with E-state index in [2.05, 4.69) is 0 Å². The van der Waals surface area contributed by atoms with Gasteiger partial charge in [0.15, 0.2) is 0 Å². The van der Waals surface area contributed by atoms with Crippen LogP contribution in [0.15, 0.2) is 58.3 Å². The van der Waals surface area contributed by atoms with Crippen molar-refractivity contribution in [3.8, 4) is 11.5 Å². The predicted molar refractivity (Wildman–Crippen MR) is 117 cm³/mol. The lowest BCUT2D eigenvalue weighted by molar-refractivity contribution is 0.212. The fourth-order valence-corrected chi connectivity index (χ4v) is 6.64. The molecule has 1 aliphatic heterocycles. The molecule has 0 aromatic heterocycles. The van der Waals surface area contributed by atoms with Crippen LogP contribution in [0.5, 0.6) is 11.5 Å². The van der Waals surface area contributed by atoms with Crippen LogP contribution in [-0.2, 0) is 20.0 Å². The van der Waals surface area contributed by atoms with Gasteiger partial charge in [-0.25, -0.2) is 16.8 Å². The normalized spacial score (nSPS) is 18.6. The van der Waals surface area contributed by atoms with Crippen molar-refractivity contribution < 1.29 is 26.3 Å². The Bertz CT molecular complexity index is 1080. The molecule has 0 N–H and O–H groups in total. The summed E-state index contributed by atoms with van der Waals surface area (Å²) in [6.45, 7) is 6.64. The first-order chi connectivity index (χ1) is 14.7. The number of ether oxygens (including phenoxy) is 2. The second-order valence-corrected chi connectivity index (χ2v) is 11.0. The van der Waals surface area contributed by atoms with E-state index in [0.717, 1.165) is 0 Å². The summed E-state index contributed by atoms with van der Waals surface area (Å²) in [5, 5.41) is 0. The number of hydrogen-bond donors (Lipinski definition) is 0. The first-order valence-corrected chi connectivity index (χ1v) is 13.1. The van der Waals surface area contributed by atoms with Crippen molar-refractivity contribution in [2.75, 3.05) is 32.8 Å². The summed E-state index contributed by atoms with van der Waals surface area (Å²) in [6, 6.07) is 12.0. The van der Waals surface area contributed by atoms with Crippen LogP contribution in [0, 0.1) is 0 Å². The molecule has 1 aliphatic rings. The third-order valence-electron chi connectivity index (χ3n) is 5.04. The van der Waals surface area contributed by atoms with E-state index < -0.39 is 26.1 Å². The minimum absolute atomic E-state index is 0.0752. The summed E-state index contributed by atoms with van der Waals surface area (Å²) < 4.78 is 65.7. The van der Waals surface area contributed by atoms with Crippen molar-refractivity contribution in [2.45, 2.75) is 36.6 Å². The van der Waals surface area contributed by atoms with E-state index in [-0.39, 0.29) is 29.4 Å². The van der Waals surface area contributed by atoms with Crippen LogP contribution < -0.4 is 9.47 Å². The Balaban J connectivity index is 1.74. The summed E-state index contributed by atoms with van der Waals surface area (Å²) in [7, 11) is -7.48. The van der Waals surface area contributed by atoms with Crippen molar-refractivity contribution in [3.63, 3.8) is 0 Å². The van der Waals surface area contributed by atoms with E-state index in [9.17, 15) is 16.8 Å². The van der Waals surface area contributed by atoms with Crippen LogP contribution in [0.1, 0.15) is 20.8 Å². The zero-order valence-electron chi connectivity index (χ0n) is 17.9. The van der Waals surface area contributed by atoms with Gasteiger partial charge in [0.2, 0.25) is 20.0 Å². The molecule has 1 fully saturated rings. The lowest BCUT2D eigenvalue weighted by Gasteiger charge is -2.38. The minimum atomic E-state index is -3.75. The molecular formula is C21H28N2O6S2. The average molecular weight is 469 g/mol. The SMILES string of the molecule is CCOc1ccc(S(=O)(=O)N2CCN(S(=O)(=O)c3ccc(OCC)cc3)[C@H](C)C2)cc1. The van der Waals surface area contributed by atoms with Crippen LogP contribution in [0.4, 0.5) is 0 Å². The molecule has 0 spiro atoms. The van der Waals surface area contributed by atoms with Crippen molar-refractivity contribution in [1.82, 2.24) is 8.61 Å². The highest BCUT2D eigenvalue weighted by Crippen LogP contribution is 2.27. The molecule has 1 heterocycles. The highest BCUT2D eigenvalue weighted by Gasteiger charge is 2.38. The van der Waals surface area contributed by atoms with Crippen molar-refractivity contribution in [3.05, 3.63) is 48.5 Å². The predicted octanol–water partition coefficient (Wildman–Crippen LogP) is 2.57. The Morgan fingerprint density at radius 2 is 1.23 bits per heavy atom. The van der Waals surface area contributed by atoms with Gasteiger partial charge in [0.1, 0.15) is 11.5 Å². The van der Waals surface area contributed by atoms with E-state index in [1.165, 1.54) is 32.9 Å². The number of sulfonamides is 2. The minimum Gasteiger partial charge on any atom is -0.494 e. The monoisotopic (exact) mass is 468 g/mol. The van der Waals surface area contributed by atoms with Gasteiger partial charge < -0.3 is 9.47 Å². The molecule has 0 bridgehead atoms. The van der Waals surface area contributed by atoms with Crippen LogP contribution in [-0.4, -0.2) is 64.3 Å². The number of nitrogens with zero attached hydrogens (tertiary/aromatic N) is 2. The zero-order chi connectivity index (χ0) is 22.6. The molecule has 0 aliphatic carbocycles. The molecular weight excluding hydrogens is 440 g/mol. The van der Waals surface area contributed by atoms with Crippen LogP contribution in [0.3, 0.4) is 0 Å². The molecule has 0 amide bonds. The number of rotatable bonds is 8. The standard InChI is InChI=1S/C21H28N2O6S2/c1-4-28-18-6-10-20(11-7-18)30(24,25)22-14-15-23(17(3)16-22)31(26,27)21-12-8-19(9-13-21)29-5-2/h6-13,17H,4-5,14-16H2,1-3H3/t17-/m1/s1. The lowest BCUT2D eigenvalue weighted by Crippen LogP contribution is -2.55. The topological polar surface area (TPSA) is 93.2 Å². The van der Waals surface area contributed by atoms with Gasteiger partial charge in [-0.2, -0.15) is 8.61 Å². The van der Waals surface area contributed by atoms with Crippen LogP contribution in [0.2, 0.25) is 0 Å². The van der Waals surface area contributed by atoms with Crippen LogP contribution in [0.25, 0.3) is 0 Å². The second-order valence-electron chi connectivity index (χ2n) is 7.14. The van der Waals surface area contributed by atoms with E-state index in [1.807, 2.05) is 13.8 Å². The Hall–Kier alpha value is -2.14. The highest BCUT2D eigenvalue weighted by molar-refractivity contribution is 7.89. The Kier molecular flexibility index (Phi) is 7.25. The largest absolute Gasteiger partial charge is 0.494 e. The Morgan fingerprint density at radius 1 is 0.774 bits per heavy atom. The van der Waals surface area contributed by atoms with E-state index >= 15 is 0 Å². The van der Waals surface area contributed by atoms with Gasteiger partial charge in [-0.05, 0) is 69.3 Å². The summed E-state index contributed by atoms with van der Waals surface area (Å²) >= 11 is 0. The first kappa shape index (κ1) is 23.5. The van der Waals surface area contributed by atoms with E-state index in [0.29, 0.717) is 24.7 Å². The molecule has 31 heavy (non-hydrogen) atoms. The third kappa shape index (κ3) is 5.03. The van der Waals surface area contributed by atoms with Crippen LogP contribution >= 0.6 is 0 Å². The van der Waals surface area contributed by atoms with Crippen molar-refractivity contribution in [2.24, 2.45) is 0 Å². The Morgan fingerprint density at radius 3 is 1.65 bits per heavy atom. The van der Waals surface area contributed by atoms with Gasteiger partial charge in [-0.1, -0.05) is 0 Å². The van der Waals surface area contributed by atoms with Gasteiger partial charge in [0, 0.05) is 25.7 Å². The lowest BCUT2D eigenvalue weighted by atomic mass is 10.3. The van der Waals surface area contributed by atoms with E-state index in [4.69, 9.17) is 9.47 Å². The molecule has 1 atom stereocenters. The molecule has 170 valence electrons. The van der Waals surface area contributed by atoms with E-state index in [1.54, 1.807) is 31.2 Å². The van der Waals surface area contributed by atoms with Crippen molar-refractivity contribution >= 4 is 20.0 Å². The molecule has 0 unspecified atom stereocenters. The third-order valence-corrected chi connectivity index (χ3v) is 8.95. The summed E-state index contributed by atoms with van der Waals surface area (Å²) in [5.74, 6) is 1.20. The number of piperazine rings is 1. The molecule has 8 nitrogen and oxygen atoms in total. The van der Waals surface area contributed by atoms with Gasteiger partial charge in [0.05, 0.1) is 23.0 Å². The summed E-state index contributed by atoms with van der Waals surface area (Å²) in [5.41, 5.74) is 0. The molecule has 0 radical (unpaired) electrons. The molecule has 10 heteroatoms. The molecule has 2 aromatic rings. The van der Waals surface area contributed by atoms with Gasteiger partial charge in [-0.3, -0.25) is 0 Å². The maximum absolute atomic E-state index is 13.1. The molecule has 0 saturated carbocycles. The quantitative estimate of drug-likeness (QED) is 0.591. The molecule has 1 saturated heterocycles.